The third-order valence-electron chi connectivity index (χ3n) is 5.65. The highest BCUT2D eigenvalue weighted by molar-refractivity contribution is 7.13. The van der Waals surface area contributed by atoms with Crippen molar-refractivity contribution in [2.24, 2.45) is 0 Å². The summed E-state index contributed by atoms with van der Waals surface area (Å²) < 4.78 is 6.08. The normalized spacial score (nSPS) is 16.1. The number of para-hydroxylation sites is 1. The Morgan fingerprint density at radius 2 is 1.81 bits per heavy atom. The summed E-state index contributed by atoms with van der Waals surface area (Å²) in [5, 5.41) is 2.69. The Hall–Kier alpha value is -2.59. The van der Waals surface area contributed by atoms with E-state index in [-0.39, 0.29) is 0 Å². The molecule has 1 aliphatic rings. The second kappa shape index (κ2) is 7.20. The molecule has 0 amide bonds. The number of H-pyrrole nitrogens is 1. The Bertz CT molecular complexity index is 1080. The van der Waals surface area contributed by atoms with E-state index < -0.39 is 0 Å². The van der Waals surface area contributed by atoms with Crippen LogP contribution in [0.2, 0.25) is 0 Å². The van der Waals surface area contributed by atoms with Crippen molar-refractivity contribution in [1.29, 1.82) is 0 Å². The standard InChI is InChI=1S/C23H23N3S/c1-3-9-21-19(7-1)18(16-24-21)6-5-13-26-14-11-17(12-15-26)23-20-8-2-4-10-22(20)27-25-23/h1-5,7-10,13,16-17,24H,6,11-12,14-15H2/b13-5+. The lowest BCUT2D eigenvalue weighted by atomic mass is 9.92. The van der Waals surface area contributed by atoms with Gasteiger partial charge in [0.2, 0.25) is 0 Å². The van der Waals surface area contributed by atoms with E-state index in [1.54, 1.807) is 11.5 Å². The summed E-state index contributed by atoms with van der Waals surface area (Å²) in [6, 6.07) is 17.1. The summed E-state index contributed by atoms with van der Waals surface area (Å²) in [4.78, 5) is 5.82. The summed E-state index contributed by atoms with van der Waals surface area (Å²) in [6.45, 7) is 2.22. The molecule has 0 spiro atoms. The summed E-state index contributed by atoms with van der Waals surface area (Å²) in [5.41, 5.74) is 3.90. The highest BCUT2D eigenvalue weighted by Crippen LogP contribution is 2.34. The minimum absolute atomic E-state index is 0.597. The largest absolute Gasteiger partial charge is 0.378 e. The number of benzene rings is 2. The third-order valence-corrected chi connectivity index (χ3v) is 6.49. The van der Waals surface area contributed by atoms with Gasteiger partial charge in [-0.15, -0.1) is 0 Å². The zero-order chi connectivity index (χ0) is 18.1. The highest BCUT2D eigenvalue weighted by Gasteiger charge is 2.22. The van der Waals surface area contributed by atoms with Crippen molar-refractivity contribution >= 4 is 32.5 Å². The number of allylic oxidation sites excluding steroid dienone is 1. The van der Waals surface area contributed by atoms with Gasteiger partial charge in [0.1, 0.15) is 0 Å². The molecule has 0 atom stereocenters. The zero-order valence-electron chi connectivity index (χ0n) is 15.3. The minimum atomic E-state index is 0.597. The molecular weight excluding hydrogens is 350 g/mol. The van der Waals surface area contributed by atoms with Gasteiger partial charge in [-0.2, -0.15) is 4.37 Å². The maximum Gasteiger partial charge on any atom is 0.0653 e. The molecule has 27 heavy (non-hydrogen) atoms. The van der Waals surface area contributed by atoms with E-state index in [9.17, 15) is 0 Å². The minimum Gasteiger partial charge on any atom is -0.378 e. The van der Waals surface area contributed by atoms with E-state index in [4.69, 9.17) is 4.37 Å². The molecule has 2 aromatic heterocycles. The molecule has 4 heteroatoms. The summed E-state index contributed by atoms with van der Waals surface area (Å²) in [6.07, 6.45) is 10.1. The van der Waals surface area contributed by atoms with Gasteiger partial charge in [-0.1, -0.05) is 42.5 Å². The Morgan fingerprint density at radius 1 is 1.04 bits per heavy atom. The molecule has 0 bridgehead atoms. The maximum absolute atomic E-state index is 4.77. The number of aromatic nitrogens is 2. The van der Waals surface area contributed by atoms with Gasteiger partial charge in [0.05, 0.1) is 10.4 Å². The molecule has 1 aliphatic heterocycles. The predicted molar refractivity (Wildman–Crippen MR) is 114 cm³/mol. The van der Waals surface area contributed by atoms with E-state index in [1.807, 2.05) is 0 Å². The quantitative estimate of drug-likeness (QED) is 0.496. The van der Waals surface area contributed by atoms with Crippen molar-refractivity contribution in [3.05, 3.63) is 78.3 Å². The lowest BCUT2D eigenvalue weighted by molar-refractivity contribution is 0.283. The Kier molecular flexibility index (Phi) is 4.42. The number of hydrogen-bond donors (Lipinski definition) is 1. The average molecular weight is 374 g/mol. The Labute approximate surface area is 163 Å². The van der Waals surface area contributed by atoms with Crippen LogP contribution in [0, 0.1) is 0 Å². The van der Waals surface area contributed by atoms with E-state index in [2.05, 4.69) is 76.9 Å². The first-order valence-corrected chi connectivity index (χ1v) is 10.5. The van der Waals surface area contributed by atoms with Gasteiger partial charge in [0.15, 0.2) is 0 Å². The molecule has 1 N–H and O–H groups in total. The molecular formula is C23H23N3S. The smallest absolute Gasteiger partial charge is 0.0653 e. The molecule has 1 fully saturated rings. The van der Waals surface area contributed by atoms with Crippen LogP contribution >= 0.6 is 11.5 Å². The van der Waals surface area contributed by atoms with Gasteiger partial charge in [-0.25, -0.2) is 0 Å². The topological polar surface area (TPSA) is 31.9 Å². The van der Waals surface area contributed by atoms with E-state index in [1.165, 1.54) is 45.1 Å². The van der Waals surface area contributed by atoms with E-state index >= 15 is 0 Å². The molecule has 2 aromatic carbocycles. The van der Waals surface area contributed by atoms with Gasteiger partial charge in [0.25, 0.3) is 0 Å². The maximum atomic E-state index is 4.77. The predicted octanol–water partition coefficient (Wildman–Crippen LogP) is 5.71. The monoisotopic (exact) mass is 373 g/mol. The number of rotatable bonds is 4. The third kappa shape index (κ3) is 3.26. The van der Waals surface area contributed by atoms with Gasteiger partial charge in [-0.3, -0.25) is 0 Å². The lowest BCUT2D eigenvalue weighted by Gasteiger charge is -2.30. The van der Waals surface area contributed by atoms with Crippen LogP contribution in [0.3, 0.4) is 0 Å². The number of piperidine rings is 1. The van der Waals surface area contributed by atoms with Gasteiger partial charge < -0.3 is 9.88 Å². The first-order chi connectivity index (χ1) is 13.4. The van der Waals surface area contributed by atoms with Crippen LogP contribution in [0.25, 0.3) is 21.0 Å². The number of aromatic amines is 1. The molecule has 0 saturated carbocycles. The Balaban J connectivity index is 1.21. The van der Waals surface area contributed by atoms with Gasteiger partial charge in [-0.05, 0) is 54.7 Å². The molecule has 3 heterocycles. The van der Waals surface area contributed by atoms with Gasteiger partial charge in [0, 0.05) is 41.5 Å². The second-order valence-electron chi connectivity index (χ2n) is 7.32. The first-order valence-electron chi connectivity index (χ1n) is 9.68. The fourth-order valence-corrected chi connectivity index (χ4v) is 5.01. The molecule has 0 unspecified atom stereocenters. The number of hydrogen-bond acceptors (Lipinski definition) is 3. The van der Waals surface area contributed by atoms with Crippen LogP contribution in [0.15, 0.2) is 67.0 Å². The first kappa shape index (κ1) is 16.6. The van der Waals surface area contributed by atoms with Crippen molar-refractivity contribution in [1.82, 2.24) is 14.3 Å². The van der Waals surface area contributed by atoms with Crippen molar-refractivity contribution in [3.63, 3.8) is 0 Å². The SMILES string of the molecule is C(=C\N1CCC(c2nsc3ccccc23)CC1)/Cc1c[nH]c2ccccc12. The van der Waals surface area contributed by atoms with E-state index in [0.717, 1.165) is 19.5 Å². The van der Waals surface area contributed by atoms with Crippen molar-refractivity contribution < 1.29 is 0 Å². The van der Waals surface area contributed by atoms with Crippen LogP contribution in [0.1, 0.15) is 30.0 Å². The van der Waals surface area contributed by atoms with E-state index in [0.29, 0.717) is 5.92 Å². The molecule has 1 saturated heterocycles. The average Bonchev–Trinajstić information content (AvgIpc) is 3.33. The van der Waals surface area contributed by atoms with Gasteiger partial charge >= 0.3 is 0 Å². The molecule has 0 aliphatic carbocycles. The van der Waals surface area contributed by atoms with Crippen LogP contribution < -0.4 is 0 Å². The fourth-order valence-electron chi connectivity index (χ4n) is 4.15. The number of nitrogens with zero attached hydrogens (tertiary/aromatic N) is 2. The Morgan fingerprint density at radius 3 is 2.70 bits per heavy atom. The van der Waals surface area contributed by atoms with Crippen molar-refractivity contribution in [3.8, 4) is 0 Å². The molecule has 4 aromatic rings. The lowest BCUT2D eigenvalue weighted by Crippen LogP contribution is -2.28. The zero-order valence-corrected chi connectivity index (χ0v) is 16.1. The molecule has 0 radical (unpaired) electrons. The fraction of sp³-hybridized carbons (Fsp3) is 0.261. The van der Waals surface area contributed by atoms with Crippen molar-refractivity contribution in [2.75, 3.05) is 13.1 Å². The summed E-state index contributed by atoms with van der Waals surface area (Å²) in [5.74, 6) is 0.597. The number of likely N-dealkylation sites (tertiary alicyclic amines) is 1. The molecule has 5 rings (SSSR count). The second-order valence-corrected chi connectivity index (χ2v) is 8.13. The summed E-state index contributed by atoms with van der Waals surface area (Å²) >= 11 is 1.64. The van der Waals surface area contributed by atoms with Crippen LogP contribution in [0.4, 0.5) is 0 Å². The number of nitrogens with one attached hydrogen (secondary N) is 1. The summed E-state index contributed by atoms with van der Waals surface area (Å²) in [7, 11) is 0. The van der Waals surface area contributed by atoms with Crippen LogP contribution in [-0.4, -0.2) is 27.3 Å². The van der Waals surface area contributed by atoms with Crippen LogP contribution in [0.5, 0.6) is 0 Å². The highest BCUT2D eigenvalue weighted by atomic mass is 32.1. The van der Waals surface area contributed by atoms with Crippen LogP contribution in [-0.2, 0) is 6.42 Å². The molecule has 3 nitrogen and oxygen atoms in total. The van der Waals surface area contributed by atoms with Crippen molar-refractivity contribution in [2.45, 2.75) is 25.2 Å². The molecule has 136 valence electrons. The number of fused-ring (bicyclic) bond motifs is 2.